The van der Waals surface area contributed by atoms with Gasteiger partial charge in [0, 0.05) is 24.0 Å². The zero-order chi connectivity index (χ0) is 13.2. The van der Waals surface area contributed by atoms with E-state index in [1.54, 1.807) is 6.07 Å². The van der Waals surface area contributed by atoms with Crippen molar-refractivity contribution >= 4 is 11.4 Å². The van der Waals surface area contributed by atoms with Gasteiger partial charge in [-0.2, -0.15) is 13.2 Å². The van der Waals surface area contributed by atoms with E-state index in [1.165, 1.54) is 6.07 Å². The molecule has 2 nitrogen and oxygen atoms in total. The molecule has 0 radical (unpaired) electrons. The second-order valence-corrected chi connectivity index (χ2v) is 4.15. The van der Waals surface area contributed by atoms with Crippen LogP contribution in [0.2, 0.25) is 0 Å². The topological polar surface area (TPSA) is 29.3 Å². The van der Waals surface area contributed by atoms with Crippen molar-refractivity contribution < 1.29 is 13.2 Å². The third-order valence-electron chi connectivity index (χ3n) is 2.64. The number of alkyl halides is 3. The van der Waals surface area contributed by atoms with E-state index in [0.29, 0.717) is 12.2 Å². The van der Waals surface area contributed by atoms with Gasteiger partial charge in [-0.1, -0.05) is 0 Å². The van der Waals surface area contributed by atoms with Gasteiger partial charge in [-0.05, 0) is 39.0 Å². The maximum absolute atomic E-state index is 12.7. The van der Waals surface area contributed by atoms with Gasteiger partial charge in [0.05, 0.1) is 5.56 Å². The van der Waals surface area contributed by atoms with Crippen LogP contribution in [0.1, 0.15) is 26.3 Å². The summed E-state index contributed by atoms with van der Waals surface area (Å²) in [6.07, 6.45) is -4.41. The summed E-state index contributed by atoms with van der Waals surface area (Å²) in [5.41, 5.74) is 4.90. The van der Waals surface area contributed by atoms with Crippen LogP contribution >= 0.6 is 0 Å². The number of halogens is 3. The van der Waals surface area contributed by atoms with Crippen LogP contribution in [0.25, 0.3) is 0 Å². The van der Waals surface area contributed by atoms with Crippen LogP contribution in [-0.2, 0) is 6.18 Å². The highest BCUT2D eigenvalue weighted by Gasteiger charge is 2.33. The molecule has 96 valence electrons. The first kappa shape index (κ1) is 13.7. The van der Waals surface area contributed by atoms with Crippen molar-refractivity contribution in [3.63, 3.8) is 0 Å². The monoisotopic (exact) mass is 246 g/mol. The summed E-state index contributed by atoms with van der Waals surface area (Å²) in [5, 5.41) is 0. The Bertz CT molecular complexity index is 386. The predicted molar refractivity (Wildman–Crippen MR) is 64.0 cm³/mol. The number of hydrogen-bond acceptors (Lipinski definition) is 2. The first-order valence-corrected chi connectivity index (χ1v) is 5.50. The molecular formula is C12H17F3N2. The molecule has 17 heavy (non-hydrogen) atoms. The van der Waals surface area contributed by atoms with Gasteiger partial charge < -0.3 is 10.6 Å². The number of nitrogens with two attached hydrogens (primary N) is 1. The Labute approximate surface area is 99.2 Å². The normalized spacial score (nSPS) is 11.9. The lowest BCUT2D eigenvalue weighted by Gasteiger charge is -2.28. The van der Waals surface area contributed by atoms with Crippen LogP contribution in [0.3, 0.4) is 0 Å². The van der Waals surface area contributed by atoms with Crippen LogP contribution in [0, 0.1) is 0 Å². The Kier molecular flexibility index (Phi) is 3.91. The summed E-state index contributed by atoms with van der Waals surface area (Å²) < 4.78 is 38.1. The van der Waals surface area contributed by atoms with E-state index in [0.717, 1.165) is 6.07 Å². The van der Waals surface area contributed by atoms with Gasteiger partial charge in [0.2, 0.25) is 0 Å². The Morgan fingerprint density at radius 1 is 1.29 bits per heavy atom. The molecule has 0 aliphatic rings. The molecule has 0 heterocycles. The number of nitrogens with zero attached hydrogens (tertiary/aromatic N) is 1. The van der Waals surface area contributed by atoms with Crippen LogP contribution in [0.4, 0.5) is 24.5 Å². The van der Waals surface area contributed by atoms with Crippen molar-refractivity contribution in [2.24, 2.45) is 0 Å². The highest BCUT2D eigenvalue weighted by molar-refractivity contribution is 5.59. The molecule has 0 aliphatic heterocycles. The molecule has 0 bridgehead atoms. The van der Waals surface area contributed by atoms with E-state index < -0.39 is 11.7 Å². The SMILES string of the molecule is CCN(c1ccc(N)c(C(F)(F)F)c1)C(C)C. The standard InChI is InChI=1S/C12H17F3N2/c1-4-17(8(2)3)9-5-6-11(16)10(7-9)12(13,14)15/h5-8H,4,16H2,1-3H3. The van der Waals surface area contributed by atoms with Gasteiger partial charge in [0.25, 0.3) is 0 Å². The summed E-state index contributed by atoms with van der Waals surface area (Å²) in [7, 11) is 0. The van der Waals surface area contributed by atoms with Crippen molar-refractivity contribution in [3.8, 4) is 0 Å². The van der Waals surface area contributed by atoms with Gasteiger partial charge in [-0.25, -0.2) is 0 Å². The van der Waals surface area contributed by atoms with Crippen molar-refractivity contribution in [1.82, 2.24) is 0 Å². The highest BCUT2D eigenvalue weighted by atomic mass is 19.4. The second-order valence-electron chi connectivity index (χ2n) is 4.15. The summed E-state index contributed by atoms with van der Waals surface area (Å²) in [6.45, 7) is 6.43. The van der Waals surface area contributed by atoms with E-state index in [4.69, 9.17) is 5.73 Å². The highest BCUT2D eigenvalue weighted by Crippen LogP contribution is 2.36. The zero-order valence-corrected chi connectivity index (χ0v) is 10.2. The molecular weight excluding hydrogens is 229 g/mol. The van der Waals surface area contributed by atoms with Gasteiger partial charge >= 0.3 is 6.18 Å². The van der Waals surface area contributed by atoms with E-state index in [2.05, 4.69) is 0 Å². The predicted octanol–water partition coefficient (Wildman–Crippen LogP) is 3.52. The average molecular weight is 246 g/mol. The molecule has 0 aromatic heterocycles. The molecule has 5 heteroatoms. The zero-order valence-electron chi connectivity index (χ0n) is 10.2. The van der Waals surface area contributed by atoms with Crippen molar-refractivity contribution in [2.45, 2.75) is 33.0 Å². The maximum Gasteiger partial charge on any atom is 0.418 e. The van der Waals surface area contributed by atoms with E-state index in [9.17, 15) is 13.2 Å². The Morgan fingerprint density at radius 2 is 1.88 bits per heavy atom. The molecule has 1 rings (SSSR count). The fourth-order valence-corrected chi connectivity index (χ4v) is 1.81. The molecule has 0 fully saturated rings. The second kappa shape index (κ2) is 4.85. The Balaban J connectivity index is 3.21. The quantitative estimate of drug-likeness (QED) is 0.827. The van der Waals surface area contributed by atoms with Crippen LogP contribution in [0.5, 0.6) is 0 Å². The van der Waals surface area contributed by atoms with Crippen LogP contribution in [-0.4, -0.2) is 12.6 Å². The maximum atomic E-state index is 12.7. The smallest absolute Gasteiger partial charge is 0.398 e. The molecule has 0 spiro atoms. The Morgan fingerprint density at radius 3 is 2.29 bits per heavy atom. The molecule has 0 unspecified atom stereocenters. The van der Waals surface area contributed by atoms with Crippen LogP contribution in [0.15, 0.2) is 18.2 Å². The van der Waals surface area contributed by atoms with Crippen molar-refractivity contribution in [1.29, 1.82) is 0 Å². The number of benzene rings is 1. The largest absolute Gasteiger partial charge is 0.418 e. The minimum Gasteiger partial charge on any atom is -0.398 e. The molecule has 2 N–H and O–H groups in total. The fraction of sp³-hybridized carbons (Fsp3) is 0.500. The summed E-state index contributed by atoms with van der Waals surface area (Å²) >= 11 is 0. The molecule has 1 aromatic rings. The lowest BCUT2D eigenvalue weighted by molar-refractivity contribution is -0.136. The number of anilines is 2. The number of hydrogen-bond donors (Lipinski definition) is 1. The summed E-state index contributed by atoms with van der Waals surface area (Å²) in [4.78, 5) is 1.88. The first-order chi connectivity index (χ1) is 7.77. The molecule has 1 aromatic carbocycles. The summed E-state index contributed by atoms with van der Waals surface area (Å²) in [6, 6.07) is 4.18. The van der Waals surface area contributed by atoms with Crippen molar-refractivity contribution in [2.75, 3.05) is 17.2 Å². The lowest BCUT2D eigenvalue weighted by Crippen LogP contribution is -2.30. The first-order valence-electron chi connectivity index (χ1n) is 5.50. The average Bonchev–Trinajstić information content (AvgIpc) is 2.19. The van der Waals surface area contributed by atoms with E-state index >= 15 is 0 Å². The summed E-state index contributed by atoms with van der Waals surface area (Å²) in [5.74, 6) is 0. The van der Waals surface area contributed by atoms with Gasteiger partial charge in [-0.3, -0.25) is 0 Å². The third-order valence-corrected chi connectivity index (χ3v) is 2.64. The number of rotatable bonds is 3. The lowest BCUT2D eigenvalue weighted by atomic mass is 10.1. The van der Waals surface area contributed by atoms with E-state index in [-0.39, 0.29) is 11.7 Å². The van der Waals surface area contributed by atoms with Gasteiger partial charge in [0.15, 0.2) is 0 Å². The fourth-order valence-electron chi connectivity index (χ4n) is 1.81. The van der Waals surface area contributed by atoms with Crippen LogP contribution < -0.4 is 10.6 Å². The molecule has 0 amide bonds. The molecule has 0 atom stereocenters. The molecule has 0 saturated carbocycles. The minimum atomic E-state index is -4.41. The third kappa shape index (κ3) is 3.05. The molecule has 0 saturated heterocycles. The van der Waals surface area contributed by atoms with Gasteiger partial charge in [-0.15, -0.1) is 0 Å². The number of nitrogen functional groups attached to an aromatic ring is 1. The van der Waals surface area contributed by atoms with Crippen molar-refractivity contribution in [3.05, 3.63) is 23.8 Å². The minimum absolute atomic E-state index is 0.143. The Hall–Kier alpha value is -1.39. The molecule has 0 aliphatic carbocycles. The van der Waals surface area contributed by atoms with Gasteiger partial charge in [0.1, 0.15) is 0 Å². The van der Waals surface area contributed by atoms with E-state index in [1.807, 2.05) is 25.7 Å².